The lowest BCUT2D eigenvalue weighted by atomic mass is 9.75. The summed E-state index contributed by atoms with van der Waals surface area (Å²) < 4.78 is 16.6. The summed E-state index contributed by atoms with van der Waals surface area (Å²) in [5.41, 5.74) is 3.74. The molecular weight excluding hydrogens is 557 g/mol. The highest BCUT2D eigenvalue weighted by molar-refractivity contribution is 6.43. The maximum absolute atomic E-state index is 14.0. The Kier molecular flexibility index (Phi) is 13.4. The fourth-order valence-corrected chi connectivity index (χ4v) is 5.15. The molecule has 0 saturated carbocycles. The summed E-state index contributed by atoms with van der Waals surface area (Å²) >= 11 is 0. The van der Waals surface area contributed by atoms with Gasteiger partial charge in [0, 0.05) is 30.6 Å². The van der Waals surface area contributed by atoms with Gasteiger partial charge in [0.15, 0.2) is 11.5 Å². The van der Waals surface area contributed by atoms with Crippen LogP contribution in [0.15, 0.2) is 66.7 Å². The number of methoxy groups -OCH3 is 3. The number of rotatable bonds is 17. The quantitative estimate of drug-likeness (QED) is 0.142. The lowest BCUT2D eigenvalue weighted by Crippen LogP contribution is -2.54. The number of amides is 1. The molecule has 3 rings (SSSR count). The summed E-state index contributed by atoms with van der Waals surface area (Å²) in [4.78, 5) is 14.0. The summed E-state index contributed by atoms with van der Waals surface area (Å²) in [5, 5.41) is 29.8. The van der Waals surface area contributed by atoms with Gasteiger partial charge in [-0.2, -0.15) is 0 Å². The molecular formula is C34H48BN3O6. The van der Waals surface area contributed by atoms with Crippen LogP contribution >= 0.6 is 0 Å². The summed E-state index contributed by atoms with van der Waals surface area (Å²) in [7, 11) is 3.19. The van der Waals surface area contributed by atoms with Crippen LogP contribution in [0.25, 0.3) is 11.1 Å². The van der Waals surface area contributed by atoms with Crippen molar-refractivity contribution in [2.24, 2.45) is 11.8 Å². The Labute approximate surface area is 262 Å². The van der Waals surface area contributed by atoms with Crippen LogP contribution in [0, 0.1) is 11.8 Å². The van der Waals surface area contributed by atoms with Gasteiger partial charge in [0.1, 0.15) is 6.04 Å². The molecule has 9 nitrogen and oxygen atoms in total. The summed E-state index contributed by atoms with van der Waals surface area (Å²) in [6.45, 7) is 8.52. The minimum atomic E-state index is -1.49. The normalized spacial score (nSPS) is 13.2. The first-order chi connectivity index (χ1) is 21.1. The molecule has 238 valence electrons. The lowest BCUT2D eigenvalue weighted by Gasteiger charge is -2.29. The third-order valence-corrected chi connectivity index (χ3v) is 7.61. The zero-order valence-corrected chi connectivity index (χ0v) is 27.0. The molecule has 0 aromatic heterocycles. The molecule has 3 aromatic rings. The van der Waals surface area contributed by atoms with Gasteiger partial charge < -0.3 is 40.2 Å². The second kappa shape index (κ2) is 16.9. The number of nitrogens with one attached hydrogen (secondary N) is 3. The molecule has 0 radical (unpaired) electrons. The van der Waals surface area contributed by atoms with Crippen LogP contribution in [0.4, 0.5) is 5.69 Å². The third kappa shape index (κ3) is 9.90. The van der Waals surface area contributed by atoms with E-state index in [1.54, 1.807) is 21.3 Å². The lowest BCUT2D eigenvalue weighted by molar-refractivity contribution is -0.122. The molecule has 0 aliphatic heterocycles. The summed E-state index contributed by atoms with van der Waals surface area (Å²) in [6, 6.07) is 20.9. The summed E-state index contributed by atoms with van der Waals surface area (Å²) in [6.07, 6.45) is 0.932. The Morgan fingerprint density at radius 1 is 0.841 bits per heavy atom. The molecule has 3 aromatic carbocycles. The van der Waals surface area contributed by atoms with Crippen molar-refractivity contribution in [3.05, 3.63) is 72.3 Å². The Balaban J connectivity index is 1.91. The second-order valence-corrected chi connectivity index (χ2v) is 11.8. The van der Waals surface area contributed by atoms with Crippen LogP contribution in [-0.4, -0.2) is 69.0 Å². The summed E-state index contributed by atoms with van der Waals surface area (Å²) in [5.74, 6) is 1.18. The topological polar surface area (TPSA) is 121 Å². The average Bonchev–Trinajstić information content (AvgIpc) is 3.01. The van der Waals surface area contributed by atoms with Crippen LogP contribution in [0.3, 0.4) is 0 Å². The maximum atomic E-state index is 14.0. The van der Waals surface area contributed by atoms with Gasteiger partial charge >= 0.3 is 7.12 Å². The van der Waals surface area contributed by atoms with Crippen molar-refractivity contribution in [3.8, 4) is 28.4 Å². The number of hydrogen-bond donors (Lipinski definition) is 5. The highest BCUT2D eigenvalue weighted by atomic mass is 16.5. The SMILES string of the molecule is COc1cc(C[C@@H](Nc2cccc(-c3ccccc3)c2)C(=O)N[C@H](CN[C@@H](CC(C)C)B(O)O)C(C)C)cc(OC)c1OC. The van der Waals surface area contributed by atoms with Crippen LogP contribution in [0.2, 0.25) is 0 Å². The molecule has 0 aliphatic rings. The predicted molar refractivity (Wildman–Crippen MR) is 177 cm³/mol. The number of benzene rings is 3. The Morgan fingerprint density at radius 3 is 2.02 bits per heavy atom. The van der Waals surface area contributed by atoms with E-state index in [2.05, 4.69) is 28.1 Å². The first kappa shape index (κ1) is 34.8. The standard InChI is InChI=1S/C34H48BN3O6/c1-22(2)16-32(35(40)41)36-21-29(23(3)4)38-34(39)28(17-24-18-30(42-5)33(44-7)31(19-24)43-6)37-27-15-11-14-26(20-27)25-12-9-8-10-13-25/h8-15,18-20,22-23,28-29,32,36-37,40-41H,16-17,21H2,1-7H3,(H,38,39)/t28-,29-,32+/m1/s1. The zero-order chi connectivity index (χ0) is 32.2. The molecule has 0 spiro atoms. The van der Waals surface area contributed by atoms with Crippen LogP contribution in [0.1, 0.15) is 39.7 Å². The van der Waals surface area contributed by atoms with E-state index in [-0.39, 0.29) is 23.8 Å². The maximum Gasteiger partial charge on any atom is 0.469 e. The second-order valence-electron chi connectivity index (χ2n) is 11.8. The van der Waals surface area contributed by atoms with Crippen LogP contribution < -0.4 is 30.2 Å². The highest BCUT2D eigenvalue weighted by Gasteiger charge is 2.28. The van der Waals surface area contributed by atoms with E-state index in [0.29, 0.717) is 36.6 Å². The molecule has 1 amide bonds. The smallest absolute Gasteiger partial charge is 0.469 e. The molecule has 3 atom stereocenters. The number of hydrogen-bond acceptors (Lipinski definition) is 8. The van der Waals surface area contributed by atoms with Gasteiger partial charge in [0.2, 0.25) is 11.7 Å². The number of carbonyl (C=O) groups is 1. The fourth-order valence-electron chi connectivity index (χ4n) is 5.15. The van der Waals surface area contributed by atoms with Crippen molar-refractivity contribution >= 4 is 18.7 Å². The minimum absolute atomic E-state index is 0.0882. The largest absolute Gasteiger partial charge is 0.493 e. The minimum Gasteiger partial charge on any atom is -0.493 e. The molecule has 0 saturated heterocycles. The van der Waals surface area contributed by atoms with Crippen molar-refractivity contribution in [1.82, 2.24) is 10.6 Å². The van der Waals surface area contributed by atoms with Crippen molar-refractivity contribution in [2.45, 2.75) is 58.6 Å². The van der Waals surface area contributed by atoms with E-state index in [1.165, 1.54) is 0 Å². The van der Waals surface area contributed by atoms with Gasteiger partial charge in [0.25, 0.3) is 0 Å². The first-order valence-electron chi connectivity index (χ1n) is 15.2. The van der Waals surface area contributed by atoms with Crippen LogP contribution in [0.5, 0.6) is 17.2 Å². The van der Waals surface area contributed by atoms with Gasteiger partial charge in [-0.05, 0) is 59.2 Å². The van der Waals surface area contributed by atoms with E-state index >= 15 is 0 Å². The van der Waals surface area contributed by atoms with Crippen molar-refractivity contribution < 1.29 is 29.1 Å². The molecule has 10 heteroatoms. The van der Waals surface area contributed by atoms with Gasteiger partial charge in [-0.1, -0.05) is 70.2 Å². The molecule has 0 fully saturated rings. The van der Waals surface area contributed by atoms with Crippen molar-refractivity contribution in [2.75, 3.05) is 33.2 Å². The average molecular weight is 606 g/mol. The third-order valence-electron chi connectivity index (χ3n) is 7.61. The van der Waals surface area contributed by atoms with E-state index in [1.807, 2.05) is 82.3 Å². The number of carbonyl (C=O) groups excluding carboxylic acids is 1. The number of ether oxygens (including phenoxy) is 3. The molecule has 44 heavy (non-hydrogen) atoms. The van der Waals surface area contributed by atoms with Gasteiger partial charge in [-0.3, -0.25) is 4.79 Å². The molecule has 0 aliphatic carbocycles. The highest BCUT2D eigenvalue weighted by Crippen LogP contribution is 2.38. The van der Waals surface area contributed by atoms with Gasteiger partial charge in [-0.15, -0.1) is 0 Å². The predicted octanol–water partition coefficient (Wildman–Crippen LogP) is 4.56. The fraction of sp³-hybridized carbons (Fsp3) is 0.441. The Bertz CT molecular complexity index is 1300. The van der Waals surface area contributed by atoms with E-state index in [4.69, 9.17) is 14.2 Å². The Hall–Kier alpha value is -3.73. The van der Waals surface area contributed by atoms with E-state index < -0.39 is 19.1 Å². The van der Waals surface area contributed by atoms with Gasteiger partial charge in [-0.25, -0.2) is 0 Å². The van der Waals surface area contributed by atoms with Crippen molar-refractivity contribution in [3.63, 3.8) is 0 Å². The molecule has 0 bridgehead atoms. The molecule has 0 heterocycles. The molecule has 5 N–H and O–H groups in total. The monoisotopic (exact) mass is 605 g/mol. The van der Waals surface area contributed by atoms with E-state index in [9.17, 15) is 14.8 Å². The zero-order valence-electron chi connectivity index (χ0n) is 27.0. The molecule has 0 unspecified atom stereocenters. The first-order valence-corrected chi connectivity index (χ1v) is 15.2. The van der Waals surface area contributed by atoms with Gasteiger partial charge in [0.05, 0.1) is 21.3 Å². The van der Waals surface area contributed by atoms with Crippen molar-refractivity contribution in [1.29, 1.82) is 0 Å². The number of anilines is 1. The van der Waals surface area contributed by atoms with E-state index in [0.717, 1.165) is 22.4 Å². The Morgan fingerprint density at radius 2 is 1.48 bits per heavy atom. The van der Waals surface area contributed by atoms with Crippen LogP contribution in [-0.2, 0) is 11.2 Å².